The average Bonchev–Trinajstić information content (AvgIpc) is 2.45. The lowest BCUT2D eigenvalue weighted by Gasteiger charge is -2.36. The van der Waals surface area contributed by atoms with Crippen molar-refractivity contribution >= 4 is 0 Å². The Morgan fingerprint density at radius 1 is 0.773 bits per heavy atom. The standard InChI is InChI=1S/C20H40O2/c1-19(2)15-13-11-9-7-5-3-4-6-8-10-12-14-16-20(21)17-18-22-20/h19,21H,3-18H2,1-2H3. The van der Waals surface area contributed by atoms with Crippen LogP contribution in [-0.2, 0) is 4.74 Å². The Labute approximate surface area is 139 Å². The topological polar surface area (TPSA) is 29.5 Å². The fourth-order valence-corrected chi connectivity index (χ4v) is 3.26. The summed E-state index contributed by atoms with van der Waals surface area (Å²) < 4.78 is 5.19. The van der Waals surface area contributed by atoms with Crippen molar-refractivity contribution in [2.45, 2.75) is 116 Å². The van der Waals surface area contributed by atoms with Gasteiger partial charge in [0.2, 0.25) is 0 Å². The van der Waals surface area contributed by atoms with E-state index in [9.17, 15) is 5.11 Å². The van der Waals surface area contributed by atoms with Crippen LogP contribution in [0.2, 0.25) is 0 Å². The smallest absolute Gasteiger partial charge is 0.167 e. The number of unbranched alkanes of at least 4 members (excludes halogenated alkanes) is 11. The summed E-state index contributed by atoms with van der Waals surface area (Å²) in [6, 6.07) is 0. The third-order valence-corrected chi connectivity index (χ3v) is 4.96. The van der Waals surface area contributed by atoms with E-state index in [0.717, 1.165) is 31.8 Å². The molecule has 0 radical (unpaired) electrons. The second-order valence-electron chi connectivity index (χ2n) is 7.72. The van der Waals surface area contributed by atoms with E-state index >= 15 is 0 Å². The van der Waals surface area contributed by atoms with Gasteiger partial charge in [-0.1, -0.05) is 90.9 Å². The van der Waals surface area contributed by atoms with Crippen molar-refractivity contribution in [2.75, 3.05) is 6.61 Å². The highest BCUT2D eigenvalue weighted by atomic mass is 16.6. The number of hydrogen-bond acceptors (Lipinski definition) is 2. The molecule has 0 spiro atoms. The van der Waals surface area contributed by atoms with Gasteiger partial charge in [-0.15, -0.1) is 0 Å². The van der Waals surface area contributed by atoms with Crippen molar-refractivity contribution in [2.24, 2.45) is 5.92 Å². The monoisotopic (exact) mass is 312 g/mol. The largest absolute Gasteiger partial charge is 0.365 e. The van der Waals surface area contributed by atoms with Crippen LogP contribution in [0.4, 0.5) is 0 Å². The second kappa shape index (κ2) is 12.4. The van der Waals surface area contributed by atoms with Gasteiger partial charge >= 0.3 is 0 Å². The van der Waals surface area contributed by atoms with Crippen molar-refractivity contribution in [3.05, 3.63) is 0 Å². The van der Waals surface area contributed by atoms with E-state index in [4.69, 9.17) is 4.74 Å². The van der Waals surface area contributed by atoms with Crippen LogP contribution in [0.3, 0.4) is 0 Å². The molecule has 0 aromatic rings. The summed E-state index contributed by atoms with van der Waals surface area (Å²) in [5.74, 6) is 0.138. The minimum absolute atomic E-state index is 0.741. The molecule has 1 fully saturated rings. The molecular formula is C20H40O2. The van der Waals surface area contributed by atoms with Crippen molar-refractivity contribution in [3.63, 3.8) is 0 Å². The lowest BCUT2D eigenvalue weighted by atomic mass is 9.99. The molecule has 0 aromatic heterocycles. The van der Waals surface area contributed by atoms with Crippen molar-refractivity contribution in [1.29, 1.82) is 0 Å². The van der Waals surface area contributed by atoms with Gasteiger partial charge in [0, 0.05) is 12.8 Å². The molecule has 1 unspecified atom stereocenters. The summed E-state index contributed by atoms with van der Waals surface area (Å²) >= 11 is 0. The molecule has 0 aromatic carbocycles. The SMILES string of the molecule is CC(C)CCCCCCCCCCCCCCC1(O)CCO1. The minimum Gasteiger partial charge on any atom is -0.365 e. The molecule has 1 N–H and O–H groups in total. The van der Waals surface area contributed by atoms with Crippen LogP contribution >= 0.6 is 0 Å². The zero-order valence-electron chi connectivity index (χ0n) is 15.2. The van der Waals surface area contributed by atoms with E-state index in [-0.39, 0.29) is 0 Å². The molecule has 0 bridgehead atoms. The Hall–Kier alpha value is -0.0800. The molecule has 1 heterocycles. The van der Waals surface area contributed by atoms with Gasteiger partial charge in [-0.2, -0.15) is 0 Å². The molecule has 22 heavy (non-hydrogen) atoms. The molecule has 2 nitrogen and oxygen atoms in total. The van der Waals surface area contributed by atoms with Crippen molar-refractivity contribution in [1.82, 2.24) is 0 Å². The van der Waals surface area contributed by atoms with Crippen molar-refractivity contribution in [3.8, 4) is 0 Å². The number of aliphatic hydroxyl groups is 1. The van der Waals surface area contributed by atoms with E-state index in [1.54, 1.807) is 0 Å². The van der Waals surface area contributed by atoms with E-state index < -0.39 is 5.79 Å². The van der Waals surface area contributed by atoms with E-state index in [2.05, 4.69) is 13.8 Å². The van der Waals surface area contributed by atoms with E-state index in [1.807, 2.05) is 0 Å². The van der Waals surface area contributed by atoms with Crippen LogP contribution in [-0.4, -0.2) is 17.5 Å². The highest BCUT2D eigenvalue weighted by Gasteiger charge is 2.34. The van der Waals surface area contributed by atoms with Crippen LogP contribution in [0.5, 0.6) is 0 Å². The summed E-state index contributed by atoms with van der Waals surface area (Å²) in [5, 5.41) is 9.79. The van der Waals surface area contributed by atoms with Gasteiger partial charge in [0.25, 0.3) is 0 Å². The molecule has 0 amide bonds. The third kappa shape index (κ3) is 10.6. The first kappa shape index (κ1) is 20.0. The summed E-state index contributed by atoms with van der Waals surface area (Å²) in [6.07, 6.45) is 19.6. The molecule has 1 saturated heterocycles. The highest BCUT2D eigenvalue weighted by molar-refractivity contribution is 4.74. The molecule has 132 valence electrons. The highest BCUT2D eigenvalue weighted by Crippen LogP contribution is 2.28. The zero-order chi connectivity index (χ0) is 16.1. The maximum atomic E-state index is 9.79. The van der Waals surface area contributed by atoms with Gasteiger partial charge in [0.05, 0.1) is 6.61 Å². The van der Waals surface area contributed by atoms with Crippen LogP contribution in [0.1, 0.15) is 110 Å². The molecule has 1 rings (SSSR count). The van der Waals surface area contributed by atoms with Gasteiger partial charge in [-0.25, -0.2) is 0 Å². The quantitative estimate of drug-likeness (QED) is 0.364. The molecule has 1 atom stereocenters. The summed E-state index contributed by atoms with van der Waals surface area (Å²) in [6.45, 7) is 5.39. The average molecular weight is 313 g/mol. The lowest BCUT2D eigenvalue weighted by Crippen LogP contribution is -2.43. The van der Waals surface area contributed by atoms with Gasteiger partial charge in [0.1, 0.15) is 0 Å². The first-order valence-electron chi connectivity index (χ1n) is 9.99. The van der Waals surface area contributed by atoms with Gasteiger partial charge in [0.15, 0.2) is 5.79 Å². The Bertz CT molecular complexity index is 246. The lowest BCUT2D eigenvalue weighted by molar-refractivity contribution is -0.285. The molecule has 1 aliphatic rings. The Kier molecular flexibility index (Phi) is 11.2. The predicted octanol–water partition coefficient (Wildman–Crippen LogP) is 6.21. The summed E-state index contributed by atoms with van der Waals surface area (Å²) in [7, 11) is 0. The first-order valence-corrected chi connectivity index (χ1v) is 9.99. The first-order chi connectivity index (χ1) is 10.6. The van der Waals surface area contributed by atoms with Gasteiger partial charge in [-0.3, -0.25) is 0 Å². The molecule has 1 aliphatic heterocycles. The Morgan fingerprint density at radius 2 is 1.18 bits per heavy atom. The number of rotatable bonds is 15. The second-order valence-corrected chi connectivity index (χ2v) is 7.72. The number of ether oxygens (including phenoxy) is 1. The van der Waals surface area contributed by atoms with Crippen molar-refractivity contribution < 1.29 is 9.84 Å². The van der Waals surface area contributed by atoms with E-state index in [1.165, 1.54) is 77.0 Å². The van der Waals surface area contributed by atoms with Gasteiger partial charge in [-0.05, 0) is 12.3 Å². The molecule has 0 aliphatic carbocycles. The zero-order valence-corrected chi connectivity index (χ0v) is 15.2. The Morgan fingerprint density at radius 3 is 1.55 bits per heavy atom. The number of hydrogen-bond donors (Lipinski definition) is 1. The maximum Gasteiger partial charge on any atom is 0.167 e. The minimum atomic E-state index is -0.741. The van der Waals surface area contributed by atoms with Gasteiger partial charge < -0.3 is 9.84 Å². The molecule has 0 saturated carbocycles. The van der Waals surface area contributed by atoms with Crippen LogP contribution < -0.4 is 0 Å². The van der Waals surface area contributed by atoms with Crippen LogP contribution in [0.15, 0.2) is 0 Å². The molecular weight excluding hydrogens is 272 g/mol. The fourth-order valence-electron chi connectivity index (χ4n) is 3.26. The Balaban J connectivity index is 1.68. The summed E-state index contributed by atoms with van der Waals surface area (Å²) in [4.78, 5) is 0. The molecule has 2 heteroatoms. The predicted molar refractivity (Wildman–Crippen MR) is 95.0 cm³/mol. The normalized spacial score (nSPS) is 21.3. The van der Waals surface area contributed by atoms with Crippen LogP contribution in [0, 0.1) is 5.92 Å². The third-order valence-electron chi connectivity index (χ3n) is 4.96. The van der Waals surface area contributed by atoms with Crippen LogP contribution in [0.25, 0.3) is 0 Å². The fraction of sp³-hybridized carbons (Fsp3) is 1.00. The van der Waals surface area contributed by atoms with E-state index in [0.29, 0.717) is 0 Å². The summed E-state index contributed by atoms with van der Waals surface area (Å²) in [5.41, 5.74) is 0. The maximum absolute atomic E-state index is 9.79.